The van der Waals surface area contributed by atoms with Gasteiger partial charge in [0.25, 0.3) is 11.8 Å². The molecule has 4 atom stereocenters. The van der Waals surface area contributed by atoms with Crippen molar-refractivity contribution >= 4 is 11.8 Å². The summed E-state index contributed by atoms with van der Waals surface area (Å²) in [7, 11) is 0. The average molecular weight is 221 g/mol. The Morgan fingerprint density at radius 2 is 2.19 bits per heavy atom. The van der Waals surface area contributed by atoms with Gasteiger partial charge in [0.05, 0.1) is 18.9 Å². The van der Waals surface area contributed by atoms with E-state index in [0.29, 0.717) is 30.8 Å². The molecule has 2 amide bonds. The number of nitrogens with zero attached hydrogens (tertiary/aromatic N) is 1. The van der Waals surface area contributed by atoms with Gasteiger partial charge in [-0.1, -0.05) is 19.1 Å². The average Bonchev–Trinajstić information content (AvgIpc) is 2.92. The fourth-order valence-corrected chi connectivity index (χ4v) is 3.20. The minimum Gasteiger partial charge on any atom is -0.272 e. The lowest BCUT2D eigenvalue weighted by molar-refractivity contribution is -0.183. The molecule has 2 aliphatic carbocycles. The lowest BCUT2D eigenvalue weighted by atomic mass is 9.84. The molecule has 3 aliphatic rings. The number of hydroxylamine groups is 2. The topological polar surface area (TPSA) is 46.6 Å². The monoisotopic (exact) mass is 221 g/mol. The van der Waals surface area contributed by atoms with Gasteiger partial charge in [-0.15, -0.1) is 0 Å². The molecule has 16 heavy (non-hydrogen) atoms. The van der Waals surface area contributed by atoms with E-state index in [1.807, 2.05) is 0 Å². The molecule has 1 aliphatic heterocycles. The van der Waals surface area contributed by atoms with E-state index in [1.165, 1.54) is 0 Å². The van der Waals surface area contributed by atoms with Gasteiger partial charge in [0.1, 0.15) is 0 Å². The smallest absolute Gasteiger partial charge is 0.257 e. The summed E-state index contributed by atoms with van der Waals surface area (Å²) < 4.78 is 0. The summed E-state index contributed by atoms with van der Waals surface area (Å²) in [6.45, 7) is 2.44. The second-order valence-electron chi connectivity index (χ2n) is 4.94. The normalized spacial score (nSPS) is 41.1. The van der Waals surface area contributed by atoms with Crippen LogP contribution in [0.25, 0.3) is 0 Å². The van der Waals surface area contributed by atoms with Crippen LogP contribution in [0.5, 0.6) is 0 Å². The van der Waals surface area contributed by atoms with Crippen LogP contribution in [0.15, 0.2) is 12.2 Å². The quantitative estimate of drug-likeness (QED) is 0.492. The fourth-order valence-electron chi connectivity index (χ4n) is 3.20. The van der Waals surface area contributed by atoms with Crippen molar-refractivity contribution in [1.82, 2.24) is 5.06 Å². The maximum atomic E-state index is 12.2. The SMILES string of the molecule is C[C@H]1[C@H](C(=O)N2OCCC2=O)[C@@H]2C=C[C@H]1C2. The Kier molecular flexibility index (Phi) is 2.14. The molecule has 0 unspecified atom stereocenters. The molecule has 1 saturated heterocycles. The molecule has 0 radical (unpaired) electrons. The zero-order chi connectivity index (χ0) is 11.3. The van der Waals surface area contributed by atoms with Gasteiger partial charge in [-0.05, 0) is 24.2 Å². The van der Waals surface area contributed by atoms with Crippen LogP contribution < -0.4 is 0 Å². The molecule has 0 aromatic heterocycles. The van der Waals surface area contributed by atoms with Gasteiger partial charge in [-0.3, -0.25) is 14.4 Å². The highest BCUT2D eigenvalue weighted by molar-refractivity contribution is 5.96. The van der Waals surface area contributed by atoms with E-state index in [9.17, 15) is 9.59 Å². The Morgan fingerprint density at radius 3 is 2.75 bits per heavy atom. The Hall–Kier alpha value is -1.16. The van der Waals surface area contributed by atoms with E-state index < -0.39 is 0 Å². The molecule has 2 fully saturated rings. The summed E-state index contributed by atoms with van der Waals surface area (Å²) in [6.07, 6.45) is 5.70. The Morgan fingerprint density at radius 1 is 1.44 bits per heavy atom. The number of carbonyl (C=O) groups is 2. The summed E-state index contributed by atoms with van der Waals surface area (Å²) in [5.41, 5.74) is 0. The minimum atomic E-state index is -0.191. The van der Waals surface area contributed by atoms with Crippen molar-refractivity contribution in [3.05, 3.63) is 12.2 Å². The summed E-state index contributed by atoms with van der Waals surface area (Å²) in [5, 5.41) is 0.996. The number of allylic oxidation sites excluding steroid dienone is 2. The minimum absolute atomic E-state index is 0.0583. The molecule has 0 N–H and O–H groups in total. The van der Waals surface area contributed by atoms with Crippen molar-refractivity contribution in [1.29, 1.82) is 0 Å². The number of fused-ring (bicyclic) bond motifs is 2. The van der Waals surface area contributed by atoms with Crippen molar-refractivity contribution in [2.45, 2.75) is 19.8 Å². The van der Waals surface area contributed by atoms with E-state index in [2.05, 4.69) is 19.1 Å². The van der Waals surface area contributed by atoms with E-state index in [1.54, 1.807) is 0 Å². The number of hydrogen-bond acceptors (Lipinski definition) is 3. The van der Waals surface area contributed by atoms with E-state index >= 15 is 0 Å². The molecule has 3 rings (SSSR count). The van der Waals surface area contributed by atoms with Gasteiger partial charge >= 0.3 is 0 Å². The molecule has 1 saturated carbocycles. The van der Waals surface area contributed by atoms with Crippen molar-refractivity contribution < 1.29 is 14.4 Å². The predicted molar refractivity (Wildman–Crippen MR) is 55.8 cm³/mol. The van der Waals surface area contributed by atoms with Crippen LogP contribution in [-0.4, -0.2) is 23.5 Å². The maximum Gasteiger partial charge on any atom is 0.257 e. The van der Waals surface area contributed by atoms with Crippen LogP contribution in [-0.2, 0) is 14.4 Å². The zero-order valence-electron chi connectivity index (χ0n) is 9.26. The van der Waals surface area contributed by atoms with Crippen LogP contribution in [0.3, 0.4) is 0 Å². The van der Waals surface area contributed by atoms with Crippen molar-refractivity contribution in [2.24, 2.45) is 23.7 Å². The molecular weight excluding hydrogens is 206 g/mol. The predicted octanol–water partition coefficient (Wildman–Crippen LogP) is 1.14. The third-order valence-electron chi connectivity index (χ3n) is 4.10. The standard InChI is InChI=1S/C12H15NO3/c1-7-8-2-3-9(6-8)11(7)12(15)13-10(14)4-5-16-13/h2-3,7-9,11H,4-6H2,1H3/t7-,8+,9-,11+/m1/s1. The molecule has 4 nitrogen and oxygen atoms in total. The second-order valence-corrected chi connectivity index (χ2v) is 4.94. The van der Waals surface area contributed by atoms with E-state index in [0.717, 1.165) is 11.5 Å². The first kappa shape index (κ1) is 10.0. The van der Waals surface area contributed by atoms with Crippen LogP contribution in [0.2, 0.25) is 0 Å². The molecule has 86 valence electrons. The fraction of sp³-hybridized carbons (Fsp3) is 0.667. The first-order chi connectivity index (χ1) is 7.68. The molecule has 1 heterocycles. The third kappa shape index (κ3) is 1.26. The second kappa shape index (κ2) is 3.42. The zero-order valence-corrected chi connectivity index (χ0v) is 9.26. The Balaban J connectivity index is 1.81. The number of imide groups is 1. The first-order valence-electron chi connectivity index (χ1n) is 5.86. The highest BCUT2D eigenvalue weighted by atomic mass is 16.7. The number of carbonyl (C=O) groups excluding carboxylic acids is 2. The van der Waals surface area contributed by atoms with Gasteiger partial charge in [0.2, 0.25) is 0 Å². The van der Waals surface area contributed by atoms with Crippen molar-refractivity contribution in [2.75, 3.05) is 6.61 Å². The van der Waals surface area contributed by atoms with Crippen LogP contribution in [0, 0.1) is 23.7 Å². The largest absolute Gasteiger partial charge is 0.272 e. The maximum absolute atomic E-state index is 12.2. The third-order valence-corrected chi connectivity index (χ3v) is 4.10. The van der Waals surface area contributed by atoms with Crippen LogP contribution in [0.1, 0.15) is 19.8 Å². The molecule has 0 aromatic rings. The summed E-state index contributed by atoms with van der Waals surface area (Å²) in [6, 6.07) is 0. The van der Waals surface area contributed by atoms with Crippen LogP contribution in [0.4, 0.5) is 0 Å². The van der Waals surface area contributed by atoms with Crippen molar-refractivity contribution in [3.63, 3.8) is 0 Å². The van der Waals surface area contributed by atoms with Gasteiger partial charge in [-0.25, -0.2) is 0 Å². The Labute approximate surface area is 94.2 Å². The molecule has 2 bridgehead atoms. The number of hydrogen-bond donors (Lipinski definition) is 0. The van der Waals surface area contributed by atoms with Gasteiger partial charge in [-0.2, -0.15) is 5.06 Å². The number of rotatable bonds is 1. The van der Waals surface area contributed by atoms with E-state index in [-0.39, 0.29) is 17.7 Å². The summed E-state index contributed by atoms with van der Waals surface area (Å²) in [5.74, 6) is 0.772. The lowest BCUT2D eigenvalue weighted by Gasteiger charge is -2.26. The molecule has 4 heteroatoms. The van der Waals surface area contributed by atoms with Crippen LogP contribution >= 0.6 is 0 Å². The molecular formula is C12H15NO3. The Bertz CT molecular complexity index is 376. The summed E-state index contributed by atoms with van der Waals surface area (Å²) in [4.78, 5) is 28.8. The van der Waals surface area contributed by atoms with Gasteiger partial charge in [0.15, 0.2) is 0 Å². The lowest BCUT2D eigenvalue weighted by Crippen LogP contribution is -2.40. The highest BCUT2D eigenvalue weighted by Gasteiger charge is 2.48. The molecule has 0 aromatic carbocycles. The van der Waals surface area contributed by atoms with E-state index in [4.69, 9.17) is 4.84 Å². The summed E-state index contributed by atoms with van der Waals surface area (Å²) >= 11 is 0. The van der Waals surface area contributed by atoms with Crippen molar-refractivity contribution in [3.8, 4) is 0 Å². The first-order valence-corrected chi connectivity index (χ1v) is 5.86. The van der Waals surface area contributed by atoms with Gasteiger partial charge in [0, 0.05) is 0 Å². The number of amides is 2. The highest BCUT2D eigenvalue weighted by Crippen LogP contribution is 2.48. The molecule has 0 spiro atoms. The van der Waals surface area contributed by atoms with Gasteiger partial charge < -0.3 is 0 Å².